The predicted octanol–water partition coefficient (Wildman–Crippen LogP) is 2.86. The second kappa shape index (κ2) is 6.87. The summed E-state index contributed by atoms with van der Waals surface area (Å²) in [4.78, 5) is 29.7. The second-order valence-electron chi connectivity index (χ2n) is 5.28. The molecule has 1 N–H and O–H groups in total. The van der Waals surface area contributed by atoms with Gasteiger partial charge in [0, 0.05) is 31.4 Å². The van der Waals surface area contributed by atoms with Gasteiger partial charge in [0.05, 0.1) is 11.4 Å². The predicted molar refractivity (Wildman–Crippen MR) is 89.9 cm³/mol. The first-order chi connectivity index (χ1) is 11.2. The van der Waals surface area contributed by atoms with E-state index in [-0.39, 0.29) is 11.8 Å². The van der Waals surface area contributed by atoms with Crippen molar-refractivity contribution in [1.29, 1.82) is 0 Å². The van der Waals surface area contributed by atoms with Gasteiger partial charge in [0.15, 0.2) is 0 Å². The summed E-state index contributed by atoms with van der Waals surface area (Å²) in [5, 5.41) is 2.84. The molecule has 0 bridgehead atoms. The quantitative estimate of drug-likeness (QED) is 0.884. The number of rotatable bonds is 4. The van der Waals surface area contributed by atoms with E-state index in [1.54, 1.807) is 29.4 Å². The Bertz CT molecular complexity index is 741. The molecule has 5 nitrogen and oxygen atoms in total. The molecule has 2 amide bonds. The number of aromatic nitrogens is 1. The SMILES string of the molecule is O=C(/C=C/c1cccnc1)Nc1ccccc1N1CCCC1=O. The molecular formula is C18H17N3O2. The van der Waals surface area contributed by atoms with Crippen LogP contribution < -0.4 is 10.2 Å². The average molecular weight is 307 g/mol. The molecule has 0 aliphatic carbocycles. The van der Waals surface area contributed by atoms with E-state index in [0.717, 1.165) is 17.7 Å². The number of anilines is 2. The molecule has 1 fully saturated rings. The average Bonchev–Trinajstić information content (AvgIpc) is 3.00. The van der Waals surface area contributed by atoms with Crippen LogP contribution in [0.2, 0.25) is 0 Å². The Balaban J connectivity index is 1.74. The zero-order chi connectivity index (χ0) is 16.1. The Morgan fingerprint density at radius 3 is 2.83 bits per heavy atom. The van der Waals surface area contributed by atoms with Gasteiger partial charge < -0.3 is 10.2 Å². The maximum absolute atomic E-state index is 12.1. The number of para-hydroxylation sites is 2. The molecule has 1 aromatic carbocycles. The van der Waals surface area contributed by atoms with E-state index in [9.17, 15) is 9.59 Å². The summed E-state index contributed by atoms with van der Waals surface area (Å²) in [6.07, 6.45) is 7.93. The summed E-state index contributed by atoms with van der Waals surface area (Å²) in [5.74, 6) is -0.148. The third kappa shape index (κ3) is 3.63. The fraction of sp³-hybridized carbons (Fsp3) is 0.167. The van der Waals surface area contributed by atoms with Gasteiger partial charge in [-0.3, -0.25) is 14.6 Å². The van der Waals surface area contributed by atoms with E-state index >= 15 is 0 Å². The normalized spacial score (nSPS) is 14.4. The van der Waals surface area contributed by atoms with Crippen LogP contribution in [-0.4, -0.2) is 23.3 Å². The molecule has 2 aromatic rings. The summed E-state index contributed by atoms with van der Waals surface area (Å²) >= 11 is 0. The first kappa shape index (κ1) is 15.0. The lowest BCUT2D eigenvalue weighted by atomic mass is 10.2. The van der Waals surface area contributed by atoms with Crippen molar-refractivity contribution in [1.82, 2.24) is 4.98 Å². The highest BCUT2D eigenvalue weighted by Gasteiger charge is 2.23. The van der Waals surface area contributed by atoms with Crippen molar-refractivity contribution in [2.75, 3.05) is 16.8 Å². The zero-order valence-corrected chi connectivity index (χ0v) is 12.6. The fourth-order valence-electron chi connectivity index (χ4n) is 2.54. The van der Waals surface area contributed by atoms with E-state index in [1.165, 1.54) is 6.08 Å². The van der Waals surface area contributed by atoms with Crippen molar-refractivity contribution >= 4 is 29.3 Å². The minimum absolute atomic E-state index is 0.0950. The molecule has 23 heavy (non-hydrogen) atoms. The smallest absolute Gasteiger partial charge is 0.248 e. The molecule has 2 heterocycles. The van der Waals surface area contributed by atoms with Crippen LogP contribution in [0.25, 0.3) is 6.08 Å². The molecule has 1 aliphatic rings. The number of hydrogen-bond acceptors (Lipinski definition) is 3. The van der Waals surface area contributed by atoms with Crippen LogP contribution in [0.4, 0.5) is 11.4 Å². The highest BCUT2D eigenvalue weighted by Crippen LogP contribution is 2.29. The van der Waals surface area contributed by atoms with Crippen LogP contribution in [0.15, 0.2) is 54.9 Å². The number of hydrogen-bond donors (Lipinski definition) is 1. The molecule has 0 spiro atoms. The molecule has 1 saturated heterocycles. The second-order valence-corrected chi connectivity index (χ2v) is 5.28. The van der Waals surface area contributed by atoms with Gasteiger partial charge >= 0.3 is 0 Å². The number of amides is 2. The summed E-state index contributed by atoms with van der Waals surface area (Å²) < 4.78 is 0. The number of benzene rings is 1. The lowest BCUT2D eigenvalue weighted by Gasteiger charge is -2.19. The Morgan fingerprint density at radius 2 is 2.09 bits per heavy atom. The number of nitrogens with one attached hydrogen (secondary N) is 1. The lowest BCUT2D eigenvalue weighted by molar-refractivity contribution is -0.117. The monoisotopic (exact) mass is 307 g/mol. The molecule has 1 aromatic heterocycles. The highest BCUT2D eigenvalue weighted by atomic mass is 16.2. The molecule has 0 atom stereocenters. The van der Waals surface area contributed by atoms with Gasteiger partial charge in [0.1, 0.15) is 0 Å². The number of nitrogens with zero attached hydrogens (tertiary/aromatic N) is 2. The molecule has 0 radical (unpaired) electrons. The van der Waals surface area contributed by atoms with Crippen LogP contribution in [0, 0.1) is 0 Å². The van der Waals surface area contributed by atoms with Crippen molar-refractivity contribution in [2.24, 2.45) is 0 Å². The van der Waals surface area contributed by atoms with E-state index in [2.05, 4.69) is 10.3 Å². The molecular weight excluding hydrogens is 290 g/mol. The molecule has 0 saturated carbocycles. The van der Waals surface area contributed by atoms with E-state index in [4.69, 9.17) is 0 Å². The largest absolute Gasteiger partial charge is 0.321 e. The van der Waals surface area contributed by atoms with Crippen molar-refractivity contribution in [3.8, 4) is 0 Å². The number of pyridine rings is 1. The van der Waals surface area contributed by atoms with E-state index < -0.39 is 0 Å². The van der Waals surface area contributed by atoms with Crippen molar-refractivity contribution in [2.45, 2.75) is 12.8 Å². The summed E-state index contributed by atoms with van der Waals surface area (Å²) in [6.45, 7) is 0.692. The Hall–Kier alpha value is -2.95. The van der Waals surface area contributed by atoms with Crippen molar-refractivity contribution in [3.05, 3.63) is 60.4 Å². The van der Waals surface area contributed by atoms with Gasteiger partial charge in [-0.15, -0.1) is 0 Å². The van der Waals surface area contributed by atoms with Crippen LogP contribution in [0.5, 0.6) is 0 Å². The number of carbonyl (C=O) groups excluding carboxylic acids is 2. The Labute approximate surface area is 134 Å². The van der Waals surface area contributed by atoms with Crippen molar-refractivity contribution < 1.29 is 9.59 Å². The van der Waals surface area contributed by atoms with Gasteiger partial charge in [-0.2, -0.15) is 0 Å². The Morgan fingerprint density at radius 1 is 1.22 bits per heavy atom. The fourth-order valence-corrected chi connectivity index (χ4v) is 2.54. The van der Waals surface area contributed by atoms with Gasteiger partial charge in [-0.1, -0.05) is 18.2 Å². The summed E-state index contributed by atoms with van der Waals surface area (Å²) in [5.41, 5.74) is 2.24. The minimum atomic E-state index is -0.243. The zero-order valence-electron chi connectivity index (χ0n) is 12.6. The van der Waals surface area contributed by atoms with Gasteiger partial charge in [-0.05, 0) is 36.3 Å². The molecule has 5 heteroatoms. The first-order valence-electron chi connectivity index (χ1n) is 7.52. The molecule has 116 valence electrons. The van der Waals surface area contributed by atoms with Crippen LogP contribution >= 0.6 is 0 Å². The topological polar surface area (TPSA) is 62.3 Å². The van der Waals surface area contributed by atoms with Gasteiger partial charge in [-0.25, -0.2) is 0 Å². The molecule has 0 unspecified atom stereocenters. The maximum atomic E-state index is 12.1. The highest BCUT2D eigenvalue weighted by molar-refractivity contribution is 6.06. The van der Waals surface area contributed by atoms with E-state index in [0.29, 0.717) is 18.7 Å². The van der Waals surface area contributed by atoms with Crippen molar-refractivity contribution in [3.63, 3.8) is 0 Å². The molecule has 1 aliphatic heterocycles. The molecule has 3 rings (SSSR count). The number of carbonyl (C=O) groups is 2. The maximum Gasteiger partial charge on any atom is 0.248 e. The first-order valence-corrected chi connectivity index (χ1v) is 7.52. The van der Waals surface area contributed by atoms with Gasteiger partial charge in [0.2, 0.25) is 11.8 Å². The lowest BCUT2D eigenvalue weighted by Crippen LogP contribution is -2.25. The van der Waals surface area contributed by atoms with E-state index in [1.807, 2.05) is 30.3 Å². The van der Waals surface area contributed by atoms with Crippen LogP contribution in [0.1, 0.15) is 18.4 Å². The van der Waals surface area contributed by atoms with Crippen LogP contribution in [0.3, 0.4) is 0 Å². The van der Waals surface area contributed by atoms with Crippen LogP contribution in [-0.2, 0) is 9.59 Å². The minimum Gasteiger partial charge on any atom is -0.321 e. The third-order valence-electron chi connectivity index (χ3n) is 3.64. The summed E-state index contributed by atoms with van der Waals surface area (Å²) in [7, 11) is 0. The third-order valence-corrected chi connectivity index (χ3v) is 3.64. The summed E-state index contributed by atoms with van der Waals surface area (Å²) in [6, 6.07) is 11.0. The standard InChI is InChI=1S/C18H17N3O2/c22-17(10-9-14-5-3-11-19-13-14)20-15-6-1-2-7-16(15)21-12-4-8-18(21)23/h1-3,5-7,9-11,13H,4,8,12H2,(H,20,22)/b10-9+. The van der Waals surface area contributed by atoms with Gasteiger partial charge in [0.25, 0.3) is 0 Å². The Kier molecular flexibility index (Phi) is 4.47.